The standard InChI is InChI=1S/C19H21NO3/c1-13-17(22-2)11-15(12-18(13)23-3)19(21)20-10-6-8-14-7-4-5-9-16(14)20/h4-5,7,9,11-12H,6,8,10H2,1-3H3. The van der Waals surface area contributed by atoms with Gasteiger partial charge < -0.3 is 14.4 Å². The average molecular weight is 311 g/mol. The third kappa shape index (κ3) is 2.77. The van der Waals surface area contributed by atoms with E-state index >= 15 is 0 Å². The largest absolute Gasteiger partial charge is 0.496 e. The summed E-state index contributed by atoms with van der Waals surface area (Å²) in [5.74, 6) is 1.31. The topological polar surface area (TPSA) is 38.8 Å². The van der Waals surface area contributed by atoms with Gasteiger partial charge in [-0.3, -0.25) is 4.79 Å². The zero-order chi connectivity index (χ0) is 16.4. The first-order valence-electron chi connectivity index (χ1n) is 7.78. The van der Waals surface area contributed by atoms with Crippen LogP contribution in [0.15, 0.2) is 36.4 Å². The van der Waals surface area contributed by atoms with Crippen LogP contribution in [-0.4, -0.2) is 26.7 Å². The fourth-order valence-corrected chi connectivity index (χ4v) is 3.11. The van der Waals surface area contributed by atoms with Crippen LogP contribution in [0.5, 0.6) is 11.5 Å². The van der Waals surface area contributed by atoms with Crippen molar-refractivity contribution >= 4 is 11.6 Å². The van der Waals surface area contributed by atoms with Gasteiger partial charge in [0.25, 0.3) is 5.91 Å². The molecule has 1 amide bonds. The van der Waals surface area contributed by atoms with Gasteiger partial charge in [0.2, 0.25) is 0 Å². The number of benzene rings is 2. The molecule has 0 saturated heterocycles. The Morgan fingerprint density at radius 3 is 2.39 bits per heavy atom. The smallest absolute Gasteiger partial charge is 0.258 e. The molecular formula is C19H21NO3. The number of hydrogen-bond donors (Lipinski definition) is 0. The van der Waals surface area contributed by atoms with E-state index in [4.69, 9.17) is 9.47 Å². The van der Waals surface area contributed by atoms with E-state index in [1.165, 1.54) is 5.56 Å². The van der Waals surface area contributed by atoms with E-state index in [-0.39, 0.29) is 5.91 Å². The predicted octanol–water partition coefficient (Wildman–Crippen LogP) is 3.61. The quantitative estimate of drug-likeness (QED) is 0.869. The van der Waals surface area contributed by atoms with Crippen LogP contribution in [0.4, 0.5) is 5.69 Å². The van der Waals surface area contributed by atoms with Crippen molar-refractivity contribution in [2.45, 2.75) is 19.8 Å². The molecule has 1 aliphatic heterocycles. The molecule has 0 aromatic heterocycles. The number of nitrogens with zero attached hydrogens (tertiary/aromatic N) is 1. The SMILES string of the molecule is COc1cc(C(=O)N2CCCc3ccccc32)cc(OC)c1C. The maximum absolute atomic E-state index is 13.0. The predicted molar refractivity (Wildman–Crippen MR) is 90.7 cm³/mol. The van der Waals surface area contributed by atoms with Crippen molar-refractivity contribution in [3.8, 4) is 11.5 Å². The van der Waals surface area contributed by atoms with Crippen molar-refractivity contribution in [1.29, 1.82) is 0 Å². The maximum Gasteiger partial charge on any atom is 0.258 e. The third-order valence-electron chi connectivity index (χ3n) is 4.35. The Morgan fingerprint density at radius 2 is 1.74 bits per heavy atom. The Labute approximate surface area is 136 Å². The second-order valence-corrected chi connectivity index (χ2v) is 5.69. The molecule has 2 aromatic carbocycles. The molecule has 4 heteroatoms. The summed E-state index contributed by atoms with van der Waals surface area (Å²) in [7, 11) is 3.21. The molecule has 0 N–H and O–H groups in total. The van der Waals surface area contributed by atoms with Gasteiger partial charge in [0.15, 0.2) is 0 Å². The number of para-hydroxylation sites is 1. The van der Waals surface area contributed by atoms with Crippen LogP contribution in [0.1, 0.15) is 27.9 Å². The summed E-state index contributed by atoms with van der Waals surface area (Å²) in [6.07, 6.45) is 1.99. The van der Waals surface area contributed by atoms with Crippen molar-refractivity contribution in [2.24, 2.45) is 0 Å². The molecule has 0 aliphatic carbocycles. The highest BCUT2D eigenvalue weighted by molar-refractivity contribution is 6.07. The highest BCUT2D eigenvalue weighted by Gasteiger charge is 2.24. The van der Waals surface area contributed by atoms with E-state index < -0.39 is 0 Å². The average Bonchev–Trinajstić information content (AvgIpc) is 2.60. The van der Waals surface area contributed by atoms with Gasteiger partial charge in [0.05, 0.1) is 14.2 Å². The van der Waals surface area contributed by atoms with Gasteiger partial charge in [0.1, 0.15) is 11.5 Å². The molecule has 1 heterocycles. The van der Waals surface area contributed by atoms with Crippen molar-refractivity contribution in [1.82, 2.24) is 0 Å². The van der Waals surface area contributed by atoms with Crippen LogP contribution < -0.4 is 14.4 Å². The first-order valence-corrected chi connectivity index (χ1v) is 7.78. The van der Waals surface area contributed by atoms with Gasteiger partial charge in [-0.2, -0.15) is 0 Å². The lowest BCUT2D eigenvalue weighted by atomic mass is 10.0. The first kappa shape index (κ1) is 15.4. The van der Waals surface area contributed by atoms with E-state index in [2.05, 4.69) is 6.07 Å². The number of anilines is 1. The minimum absolute atomic E-state index is 0.0197. The van der Waals surface area contributed by atoms with Crippen LogP contribution in [0.3, 0.4) is 0 Å². The van der Waals surface area contributed by atoms with Crippen LogP contribution >= 0.6 is 0 Å². The molecule has 0 bridgehead atoms. The monoisotopic (exact) mass is 311 g/mol. The Balaban J connectivity index is 2.02. The number of ether oxygens (including phenoxy) is 2. The molecule has 0 saturated carbocycles. The maximum atomic E-state index is 13.0. The van der Waals surface area contributed by atoms with Gasteiger partial charge in [-0.15, -0.1) is 0 Å². The molecular weight excluding hydrogens is 290 g/mol. The van der Waals surface area contributed by atoms with E-state index in [0.29, 0.717) is 17.1 Å². The van der Waals surface area contributed by atoms with E-state index in [1.54, 1.807) is 26.4 Å². The minimum atomic E-state index is -0.0197. The van der Waals surface area contributed by atoms with Crippen LogP contribution in [-0.2, 0) is 6.42 Å². The van der Waals surface area contributed by atoms with Crippen molar-refractivity contribution in [2.75, 3.05) is 25.7 Å². The Bertz CT molecular complexity index is 714. The Kier molecular flexibility index (Phi) is 4.24. The lowest BCUT2D eigenvalue weighted by molar-refractivity contribution is 0.0984. The first-order chi connectivity index (χ1) is 11.2. The van der Waals surface area contributed by atoms with Crippen LogP contribution in [0, 0.1) is 6.92 Å². The second kappa shape index (κ2) is 6.32. The number of fused-ring (bicyclic) bond motifs is 1. The van der Waals surface area contributed by atoms with Gasteiger partial charge >= 0.3 is 0 Å². The van der Waals surface area contributed by atoms with Gasteiger partial charge in [0, 0.05) is 23.4 Å². The van der Waals surface area contributed by atoms with Gasteiger partial charge in [-0.05, 0) is 43.5 Å². The molecule has 0 spiro atoms. The van der Waals surface area contributed by atoms with E-state index in [0.717, 1.165) is 30.6 Å². The molecule has 2 aromatic rings. The summed E-state index contributed by atoms with van der Waals surface area (Å²) in [6, 6.07) is 11.7. The summed E-state index contributed by atoms with van der Waals surface area (Å²) >= 11 is 0. The second-order valence-electron chi connectivity index (χ2n) is 5.69. The van der Waals surface area contributed by atoms with Crippen molar-refractivity contribution in [3.63, 3.8) is 0 Å². The molecule has 0 radical (unpaired) electrons. The normalized spacial score (nSPS) is 13.4. The number of hydrogen-bond acceptors (Lipinski definition) is 3. The number of rotatable bonds is 3. The molecule has 23 heavy (non-hydrogen) atoms. The summed E-state index contributed by atoms with van der Waals surface area (Å²) in [6.45, 7) is 2.65. The number of amides is 1. The molecule has 3 rings (SSSR count). The molecule has 120 valence electrons. The highest BCUT2D eigenvalue weighted by Crippen LogP contribution is 2.32. The zero-order valence-corrected chi connectivity index (χ0v) is 13.8. The summed E-state index contributed by atoms with van der Waals surface area (Å²) in [5, 5.41) is 0. The van der Waals surface area contributed by atoms with E-state index in [1.807, 2.05) is 30.0 Å². The molecule has 0 unspecified atom stereocenters. The molecule has 0 atom stereocenters. The zero-order valence-electron chi connectivity index (χ0n) is 13.8. The summed E-state index contributed by atoms with van der Waals surface area (Å²) in [5.41, 5.74) is 3.70. The summed E-state index contributed by atoms with van der Waals surface area (Å²) < 4.78 is 10.8. The van der Waals surface area contributed by atoms with Gasteiger partial charge in [-0.25, -0.2) is 0 Å². The lowest BCUT2D eigenvalue weighted by Crippen LogP contribution is -2.35. The highest BCUT2D eigenvalue weighted by atomic mass is 16.5. The number of methoxy groups -OCH3 is 2. The number of carbonyl (C=O) groups excluding carboxylic acids is 1. The van der Waals surface area contributed by atoms with Crippen LogP contribution in [0.25, 0.3) is 0 Å². The molecule has 0 fully saturated rings. The Hall–Kier alpha value is -2.49. The third-order valence-corrected chi connectivity index (χ3v) is 4.35. The fraction of sp³-hybridized carbons (Fsp3) is 0.316. The number of aryl methyl sites for hydroxylation is 1. The van der Waals surface area contributed by atoms with Crippen molar-refractivity contribution < 1.29 is 14.3 Å². The molecule has 4 nitrogen and oxygen atoms in total. The minimum Gasteiger partial charge on any atom is -0.496 e. The van der Waals surface area contributed by atoms with Gasteiger partial charge in [-0.1, -0.05) is 18.2 Å². The fourth-order valence-electron chi connectivity index (χ4n) is 3.11. The Morgan fingerprint density at radius 1 is 1.09 bits per heavy atom. The van der Waals surface area contributed by atoms with Crippen molar-refractivity contribution in [3.05, 3.63) is 53.1 Å². The van der Waals surface area contributed by atoms with Crippen LogP contribution in [0.2, 0.25) is 0 Å². The van der Waals surface area contributed by atoms with E-state index in [9.17, 15) is 4.79 Å². The number of carbonyl (C=O) groups is 1. The summed E-state index contributed by atoms with van der Waals surface area (Å²) in [4.78, 5) is 14.9. The lowest BCUT2D eigenvalue weighted by Gasteiger charge is -2.29. The molecule has 1 aliphatic rings.